The summed E-state index contributed by atoms with van der Waals surface area (Å²) in [5.41, 5.74) is 0. The first kappa shape index (κ1) is 20.2. The molecular weight excluding hydrogens is 344 g/mol. The topological polar surface area (TPSA) is 104 Å². The summed E-state index contributed by atoms with van der Waals surface area (Å²) < 4.78 is 27.6. The third-order valence-electron chi connectivity index (χ3n) is 5.28. The van der Waals surface area contributed by atoms with Crippen LogP contribution in [0.5, 0.6) is 0 Å². The molecule has 1 saturated heterocycles. The van der Waals surface area contributed by atoms with Crippen LogP contribution < -0.4 is 4.72 Å². The number of aliphatic carboxylic acids is 1. The molecule has 2 unspecified atom stereocenters. The summed E-state index contributed by atoms with van der Waals surface area (Å²) in [6, 6.07) is -1.09. The van der Waals surface area contributed by atoms with Gasteiger partial charge >= 0.3 is 5.97 Å². The van der Waals surface area contributed by atoms with Crippen LogP contribution in [-0.2, 0) is 19.6 Å². The standard InChI is InChI=1S/C17H30N2O5S/c1-2-3-10-15(17(21)22)18-25(23,24)14-9-6-11-19(12-14)16(20)13-7-4-5-8-13/h13-15,18H,2-12H2,1H3,(H,21,22). The molecule has 0 bridgehead atoms. The van der Waals surface area contributed by atoms with Crippen molar-refractivity contribution in [1.29, 1.82) is 0 Å². The van der Waals surface area contributed by atoms with Gasteiger partial charge in [-0.25, -0.2) is 13.1 Å². The van der Waals surface area contributed by atoms with E-state index in [2.05, 4.69) is 4.72 Å². The second kappa shape index (κ2) is 8.98. The molecule has 8 heteroatoms. The molecule has 1 aliphatic carbocycles. The van der Waals surface area contributed by atoms with Crippen molar-refractivity contribution in [3.05, 3.63) is 0 Å². The smallest absolute Gasteiger partial charge is 0.321 e. The van der Waals surface area contributed by atoms with E-state index in [0.717, 1.165) is 32.1 Å². The summed E-state index contributed by atoms with van der Waals surface area (Å²) in [6.45, 7) is 2.70. The lowest BCUT2D eigenvalue weighted by Gasteiger charge is -2.34. The van der Waals surface area contributed by atoms with Gasteiger partial charge in [-0.05, 0) is 32.1 Å². The van der Waals surface area contributed by atoms with Crippen LogP contribution in [0.1, 0.15) is 64.7 Å². The van der Waals surface area contributed by atoms with E-state index in [0.29, 0.717) is 25.8 Å². The Bertz CT molecular complexity index is 572. The van der Waals surface area contributed by atoms with Gasteiger partial charge in [0.15, 0.2) is 0 Å². The van der Waals surface area contributed by atoms with Crippen molar-refractivity contribution >= 4 is 21.9 Å². The lowest BCUT2D eigenvalue weighted by Crippen LogP contribution is -2.52. The number of amides is 1. The average molecular weight is 375 g/mol. The maximum atomic E-state index is 12.6. The number of carboxylic acid groups (broad SMARTS) is 1. The maximum absolute atomic E-state index is 12.6. The summed E-state index contributed by atoms with van der Waals surface area (Å²) in [5.74, 6) is -1.05. The van der Waals surface area contributed by atoms with Gasteiger partial charge in [0.25, 0.3) is 0 Å². The highest BCUT2D eigenvalue weighted by Gasteiger charge is 2.37. The maximum Gasteiger partial charge on any atom is 0.321 e. The molecule has 144 valence electrons. The van der Waals surface area contributed by atoms with E-state index in [-0.39, 0.29) is 24.8 Å². The normalized spacial score (nSPS) is 23.6. The van der Waals surface area contributed by atoms with Crippen molar-refractivity contribution in [3.8, 4) is 0 Å². The second-order valence-corrected chi connectivity index (χ2v) is 9.22. The fourth-order valence-electron chi connectivity index (χ4n) is 3.76. The number of hydrogen-bond donors (Lipinski definition) is 2. The van der Waals surface area contributed by atoms with E-state index in [4.69, 9.17) is 0 Å². The molecule has 2 aliphatic rings. The Balaban J connectivity index is 2.00. The van der Waals surface area contributed by atoms with Crippen molar-refractivity contribution in [2.75, 3.05) is 13.1 Å². The minimum absolute atomic E-state index is 0.0331. The van der Waals surface area contributed by atoms with Gasteiger partial charge in [-0.3, -0.25) is 9.59 Å². The van der Waals surface area contributed by atoms with Crippen LogP contribution in [0, 0.1) is 5.92 Å². The van der Waals surface area contributed by atoms with Gasteiger partial charge in [-0.2, -0.15) is 0 Å². The number of rotatable bonds is 8. The fraction of sp³-hybridized carbons (Fsp3) is 0.882. The van der Waals surface area contributed by atoms with Crippen molar-refractivity contribution in [2.45, 2.75) is 76.0 Å². The van der Waals surface area contributed by atoms with E-state index >= 15 is 0 Å². The van der Waals surface area contributed by atoms with Gasteiger partial charge in [-0.15, -0.1) is 0 Å². The van der Waals surface area contributed by atoms with Crippen molar-refractivity contribution in [3.63, 3.8) is 0 Å². The Labute approximate surface area is 150 Å². The van der Waals surface area contributed by atoms with Crippen LogP contribution in [0.2, 0.25) is 0 Å². The Morgan fingerprint density at radius 2 is 1.88 bits per heavy atom. The molecule has 0 aromatic carbocycles. The quantitative estimate of drug-likeness (QED) is 0.673. The Morgan fingerprint density at radius 1 is 1.20 bits per heavy atom. The number of hydrogen-bond acceptors (Lipinski definition) is 4. The molecule has 2 atom stereocenters. The minimum atomic E-state index is -3.77. The zero-order valence-electron chi connectivity index (χ0n) is 14.9. The van der Waals surface area contributed by atoms with Crippen LogP contribution in [0.3, 0.4) is 0 Å². The molecule has 2 N–H and O–H groups in total. The van der Waals surface area contributed by atoms with Crippen molar-refractivity contribution in [2.24, 2.45) is 5.92 Å². The summed E-state index contributed by atoms with van der Waals surface area (Å²) in [5, 5.41) is 8.53. The van der Waals surface area contributed by atoms with Gasteiger partial charge in [-0.1, -0.05) is 32.6 Å². The molecule has 1 amide bonds. The van der Waals surface area contributed by atoms with Gasteiger partial charge in [0, 0.05) is 19.0 Å². The van der Waals surface area contributed by atoms with Crippen LogP contribution in [-0.4, -0.2) is 54.7 Å². The number of unbranched alkanes of at least 4 members (excludes halogenated alkanes) is 1. The highest BCUT2D eigenvalue weighted by molar-refractivity contribution is 7.90. The molecule has 25 heavy (non-hydrogen) atoms. The van der Waals surface area contributed by atoms with Crippen molar-refractivity contribution < 1.29 is 23.1 Å². The third-order valence-corrected chi connectivity index (χ3v) is 7.16. The molecule has 1 saturated carbocycles. The van der Waals surface area contributed by atoms with E-state index in [9.17, 15) is 23.1 Å². The number of carbonyl (C=O) groups is 2. The molecule has 2 rings (SSSR count). The first-order valence-corrected chi connectivity index (χ1v) is 10.9. The Morgan fingerprint density at radius 3 is 2.48 bits per heavy atom. The van der Waals surface area contributed by atoms with Crippen LogP contribution >= 0.6 is 0 Å². The summed E-state index contributed by atoms with van der Waals surface area (Å²) in [4.78, 5) is 25.6. The average Bonchev–Trinajstić information content (AvgIpc) is 3.12. The Hall–Kier alpha value is -1.15. The first-order chi connectivity index (χ1) is 11.8. The lowest BCUT2D eigenvalue weighted by molar-refractivity contribution is -0.139. The van der Waals surface area contributed by atoms with E-state index in [1.165, 1.54) is 0 Å². The van der Waals surface area contributed by atoms with Gasteiger partial charge in [0.2, 0.25) is 15.9 Å². The number of sulfonamides is 1. The third kappa shape index (κ3) is 5.41. The predicted molar refractivity (Wildman–Crippen MR) is 94.6 cm³/mol. The molecule has 1 aliphatic heterocycles. The predicted octanol–water partition coefficient (Wildman–Crippen LogP) is 1.73. The number of carboxylic acids is 1. The zero-order chi connectivity index (χ0) is 18.4. The van der Waals surface area contributed by atoms with Crippen molar-refractivity contribution in [1.82, 2.24) is 9.62 Å². The molecule has 2 fully saturated rings. The van der Waals surface area contributed by atoms with Crippen LogP contribution in [0.15, 0.2) is 0 Å². The van der Waals surface area contributed by atoms with E-state index in [1.54, 1.807) is 4.90 Å². The van der Waals surface area contributed by atoms with Crippen LogP contribution in [0.4, 0.5) is 0 Å². The molecule has 0 spiro atoms. The minimum Gasteiger partial charge on any atom is -0.480 e. The molecule has 0 aromatic rings. The number of likely N-dealkylation sites (tertiary alicyclic amines) is 1. The lowest BCUT2D eigenvalue weighted by atomic mass is 10.0. The summed E-state index contributed by atoms with van der Waals surface area (Å²) in [6.07, 6.45) is 6.74. The number of carbonyl (C=O) groups excluding carboxylic acids is 1. The zero-order valence-corrected chi connectivity index (χ0v) is 15.8. The molecular formula is C17H30N2O5S. The number of nitrogens with zero attached hydrogens (tertiary/aromatic N) is 1. The highest BCUT2D eigenvalue weighted by atomic mass is 32.2. The first-order valence-electron chi connectivity index (χ1n) is 9.38. The number of piperidine rings is 1. The van der Waals surface area contributed by atoms with E-state index < -0.39 is 27.3 Å². The molecule has 1 heterocycles. The summed E-state index contributed by atoms with van der Waals surface area (Å²) in [7, 11) is -3.77. The molecule has 7 nitrogen and oxygen atoms in total. The highest BCUT2D eigenvalue weighted by Crippen LogP contribution is 2.28. The number of nitrogens with one attached hydrogen (secondary N) is 1. The van der Waals surface area contributed by atoms with Gasteiger partial charge in [0.05, 0.1) is 5.25 Å². The summed E-state index contributed by atoms with van der Waals surface area (Å²) >= 11 is 0. The fourth-order valence-corrected chi connectivity index (χ4v) is 5.42. The largest absolute Gasteiger partial charge is 0.480 e. The Kier molecular flexibility index (Phi) is 7.25. The van der Waals surface area contributed by atoms with Crippen LogP contribution in [0.25, 0.3) is 0 Å². The monoisotopic (exact) mass is 374 g/mol. The van der Waals surface area contributed by atoms with Gasteiger partial charge < -0.3 is 10.0 Å². The second-order valence-electron chi connectivity index (χ2n) is 7.23. The van der Waals surface area contributed by atoms with E-state index in [1.807, 2.05) is 6.92 Å². The molecule has 0 radical (unpaired) electrons. The molecule has 0 aromatic heterocycles. The van der Waals surface area contributed by atoms with Gasteiger partial charge in [0.1, 0.15) is 6.04 Å². The SMILES string of the molecule is CCCCC(NS(=O)(=O)C1CCCN(C(=O)C2CCCC2)C1)C(=O)O.